The Balaban J connectivity index is 2.63. The van der Waals surface area contributed by atoms with Crippen LogP contribution in [0.4, 0.5) is 0 Å². The number of carbonyl (C=O) groups is 1. The molecule has 1 N–H and O–H groups in total. The highest BCUT2D eigenvalue weighted by Gasteiger charge is 2.01. The van der Waals surface area contributed by atoms with Gasteiger partial charge in [0.1, 0.15) is 17.4 Å². The van der Waals surface area contributed by atoms with Crippen molar-refractivity contribution >= 4 is 12.0 Å². The third-order valence-electron chi connectivity index (χ3n) is 2.24. The molecule has 0 aliphatic rings. The number of benzene rings is 1. The molecule has 19 heavy (non-hydrogen) atoms. The van der Waals surface area contributed by atoms with Crippen LogP contribution in [0.5, 0.6) is 5.75 Å². The van der Waals surface area contributed by atoms with E-state index in [9.17, 15) is 4.79 Å². The van der Waals surface area contributed by atoms with E-state index in [2.05, 4.69) is 0 Å². The average Bonchev–Trinajstić information content (AvgIpc) is 2.43. The van der Waals surface area contributed by atoms with Gasteiger partial charge in [0, 0.05) is 0 Å². The zero-order chi connectivity index (χ0) is 14.1. The summed E-state index contributed by atoms with van der Waals surface area (Å²) >= 11 is 0. The first-order valence-corrected chi connectivity index (χ1v) is 5.50. The predicted octanol–water partition coefficient (Wildman–Crippen LogP) is 2.80. The summed E-state index contributed by atoms with van der Waals surface area (Å²) < 4.78 is 5.04. The van der Waals surface area contributed by atoms with Crippen molar-refractivity contribution in [2.24, 2.45) is 0 Å². The van der Waals surface area contributed by atoms with E-state index in [1.807, 2.05) is 30.3 Å². The zero-order valence-corrected chi connectivity index (χ0v) is 10.4. The van der Waals surface area contributed by atoms with Crippen molar-refractivity contribution in [3.8, 4) is 11.8 Å². The van der Waals surface area contributed by atoms with E-state index in [0.29, 0.717) is 0 Å². The van der Waals surface area contributed by atoms with Gasteiger partial charge in [0.2, 0.25) is 0 Å². The lowest BCUT2D eigenvalue weighted by atomic mass is 10.2. The highest BCUT2D eigenvalue weighted by molar-refractivity contribution is 5.91. The van der Waals surface area contributed by atoms with Crippen LogP contribution in [0.25, 0.3) is 6.08 Å². The third-order valence-corrected chi connectivity index (χ3v) is 2.24. The maximum atomic E-state index is 10.5. The van der Waals surface area contributed by atoms with Crippen LogP contribution >= 0.6 is 0 Å². The molecule has 0 radical (unpaired) electrons. The second-order valence-corrected chi connectivity index (χ2v) is 3.51. The van der Waals surface area contributed by atoms with Gasteiger partial charge in [0.15, 0.2) is 0 Å². The van der Waals surface area contributed by atoms with Crippen molar-refractivity contribution in [1.82, 2.24) is 0 Å². The molecule has 1 aromatic rings. The zero-order valence-electron chi connectivity index (χ0n) is 10.4. The summed E-state index contributed by atoms with van der Waals surface area (Å²) in [6.07, 6.45) is 8.03. The summed E-state index contributed by atoms with van der Waals surface area (Å²) in [7, 11) is 1.61. The molecule has 0 heterocycles. The van der Waals surface area contributed by atoms with E-state index in [1.54, 1.807) is 25.3 Å². The monoisotopic (exact) mass is 255 g/mol. The molecule has 4 heteroatoms. The summed E-state index contributed by atoms with van der Waals surface area (Å²) in [4.78, 5) is 10.5. The predicted molar refractivity (Wildman–Crippen MR) is 72.5 cm³/mol. The molecule has 1 aromatic carbocycles. The lowest BCUT2D eigenvalue weighted by Crippen LogP contribution is -1.96. The smallest absolute Gasteiger partial charge is 0.346 e. The van der Waals surface area contributed by atoms with E-state index >= 15 is 0 Å². The van der Waals surface area contributed by atoms with E-state index in [1.165, 1.54) is 12.2 Å². The van der Waals surface area contributed by atoms with E-state index in [4.69, 9.17) is 15.1 Å². The third kappa shape index (κ3) is 4.92. The number of carboxylic acid groups (broad SMARTS) is 1. The summed E-state index contributed by atoms with van der Waals surface area (Å²) in [6.45, 7) is 0. The van der Waals surface area contributed by atoms with Crippen molar-refractivity contribution in [3.05, 3.63) is 59.7 Å². The number of allylic oxidation sites excluding steroid dienone is 4. The lowest BCUT2D eigenvalue weighted by molar-refractivity contribution is -0.132. The summed E-state index contributed by atoms with van der Waals surface area (Å²) in [5.41, 5.74) is 0.697. The quantitative estimate of drug-likeness (QED) is 0.499. The Kier molecular flexibility index (Phi) is 5.64. The van der Waals surface area contributed by atoms with Gasteiger partial charge >= 0.3 is 5.97 Å². The van der Waals surface area contributed by atoms with Gasteiger partial charge in [-0.3, -0.25) is 0 Å². The number of ether oxygens (including phenoxy) is 1. The van der Waals surface area contributed by atoms with E-state index < -0.39 is 5.97 Å². The molecule has 0 amide bonds. The molecule has 96 valence electrons. The second-order valence-electron chi connectivity index (χ2n) is 3.51. The van der Waals surface area contributed by atoms with Gasteiger partial charge in [-0.2, -0.15) is 5.26 Å². The van der Waals surface area contributed by atoms with Gasteiger partial charge in [0.05, 0.1) is 7.11 Å². The number of rotatable bonds is 5. The van der Waals surface area contributed by atoms with Crippen LogP contribution in [0.2, 0.25) is 0 Å². The van der Waals surface area contributed by atoms with Crippen molar-refractivity contribution in [3.63, 3.8) is 0 Å². The number of nitriles is 1. The first-order valence-electron chi connectivity index (χ1n) is 5.50. The second kappa shape index (κ2) is 7.51. The van der Waals surface area contributed by atoms with Crippen molar-refractivity contribution in [1.29, 1.82) is 5.26 Å². The van der Waals surface area contributed by atoms with Crippen LogP contribution in [0.15, 0.2) is 54.1 Å². The highest BCUT2D eigenvalue weighted by Crippen LogP contribution is 2.12. The van der Waals surface area contributed by atoms with Gasteiger partial charge in [0.25, 0.3) is 0 Å². The van der Waals surface area contributed by atoms with Crippen LogP contribution in [0.3, 0.4) is 0 Å². The average molecular weight is 255 g/mol. The Hall–Kier alpha value is -2.80. The molecule has 0 aromatic heterocycles. The lowest BCUT2D eigenvalue weighted by Gasteiger charge is -1.98. The number of aliphatic carboxylic acids is 1. The number of hydrogen-bond acceptors (Lipinski definition) is 3. The summed E-state index contributed by atoms with van der Waals surface area (Å²) in [5.74, 6) is -0.443. The van der Waals surface area contributed by atoms with E-state index in [-0.39, 0.29) is 5.57 Å². The fraction of sp³-hybridized carbons (Fsp3) is 0.0667. The Morgan fingerprint density at radius 2 is 1.95 bits per heavy atom. The molecule has 4 nitrogen and oxygen atoms in total. The summed E-state index contributed by atoms with van der Waals surface area (Å²) in [6, 6.07) is 9.09. The molecular weight excluding hydrogens is 242 g/mol. The van der Waals surface area contributed by atoms with Crippen LogP contribution < -0.4 is 4.74 Å². The Morgan fingerprint density at radius 1 is 1.26 bits per heavy atom. The maximum absolute atomic E-state index is 10.5. The minimum Gasteiger partial charge on any atom is -0.497 e. The van der Waals surface area contributed by atoms with Crippen LogP contribution in [-0.4, -0.2) is 18.2 Å². The summed E-state index contributed by atoms with van der Waals surface area (Å²) in [5, 5.41) is 17.1. The first kappa shape index (κ1) is 14.3. The van der Waals surface area contributed by atoms with Gasteiger partial charge in [-0.25, -0.2) is 4.79 Å². The molecule has 0 bridgehead atoms. The molecule has 0 aliphatic carbocycles. The van der Waals surface area contributed by atoms with E-state index in [0.717, 1.165) is 11.3 Å². The van der Waals surface area contributed by atoms with Gasteiger partial charge in [-0.05, 0) is 23.8 Å². The number of carboxylic acids is 1. The fourth-order valence-corrected chi connectivity index (χ4v) is 1.25. The molecule has 0 aliphatic heterocycles. The van der Waals surface area contributed by atoms with Gasteiger partial charge < -0.3 is 9.84 Å². The Bertz CT molecular complexity index is 560. The normalized spacial score (nSPS) is 11.7. The van der Waals surface area contributed by atoms with Gasteiger partial charge in [-0.1, -0.05) is 36.4 Å². The minimum atomic E-state index is -1.23. The standard InChI is InChI=1S/C15H13NO3/c1-19-14-9-7-12(8-10-14)5-3-2-4-6-13(11-16)15(17)18/h2-10H,1H3,(H,17,18). The highest BCUT2D eigenvalue weighted by atomic mass is 16.5. The number of nitrogens with zero attached hydrogens (tertiary/aromatic N) is 1. The van der Waals surface area contributed by atoms with Crippen LogP contribution in [0.1, 0.15) is 5.56 Å². The first-order chi connectivity index (χ1) is 9.17. The Morgan fingerprint density at radius 3 is 2.47 bits per heavy atom. The molecule has 0 unspecified atom stereocenters. The molecule has 1 rings (SSSR count). The molecule has 0 spiro atoms. The van der Waals surface area contributed by atoms with Crippen LogP contribution in [0, 0.1) is 11.3 Å². The molecular formula is C15H13NO3. The number of methoxy groups -OCH3 is 1. The molecule has 0 atom stereocenters. The molecule has 0 fully saturated rings. The Labute approximate surface area is 111 Å². The fourth-order valence-electron chi connectivity index (χ4n) is 1.25. The SMILES string of the molecule is COc1ccc(C=CC=CC=C(C#N)C(=O)O)cc1. The minimum absolute atomic E-state index is 0.297. The molecule has 0 saturated heterocycles. The molecule has 0 saturated carbocycles. The van der Waals surface area contributed by atoms with Crippen molar-refractivity contribution in [2.75, 3.05) is 7.11 Å². The van der Waals surface area contributed by atoms with Crippen LogP contribution in [-0.2, 0) is 4.79 Å². The van der Waals surface area contributed by atoms with Crippen molar-refractivity contribution < 1.29 is 14.6 Å². The number of hydrogen-bond donors (Lipinski definition) is 1. The maximum Gasteiger partial charge on any atom is 0.346 e. The van der Waals surface area contributed by atoms with Gasteiger partial charge in [-0.15, -0.1) is 0 Å². The largest absolute Gasteiger partial charge is 0.497 e. The topological polar surface area (TPSA) is 70.3 Å². The van der Waals surface area contributed by atoms with Crippen molar-refractivity contribution in [2.45, 2.75) is 0 Å².